The van der Waals surface area contributed by atoms with Crippen LogP contribution in [0.2, 0.25) is 0 Å². The lowest BCUT2D eigenvalue weighted by Gasteiger charge is -2.19. The van der Waals surface area contributed by atoms with Crippen LogP contribution in [-0.2, 0) is 0 Å². The summed E-state index contributed by atoms with van der Waals surface area (Å²) >= 11 is 0. The summed E-state index contributed by atoms with van der Waals surface area (Å²) in [6.45, 7) is 4.15. The molecule has 1 aliphatic rings. The van der Waals surface area contributed by atoms with Gasteiger partial charge < -0.3 is 10.2 Å². The zero-order valence-corrected chi connectivity index (χ0v) is 9.83. The molecule has 0 bridgehead atoms. The molecule has 1 aromatic carbocycles. The van der Waals surface area contributed by atoms with Crippen LogP contribution in [0.5, 0.6) is 0 Å². The first-order chi connectivity index (χ1) is 7.74. The van der Waals surface area contributed by atoms with E-state index < -0.39 is 0 Å². The highest BCUT2D eigenvalue weighted by atomic mass is 15.2. The summed E-state index contributed by atoms with van der Waals surface area (Å²) in [5.74, 6) is 0. The third kappa shape index (κ3) is 2.02. The number of hydrogen-bond acceptors (Lipinski definition) is 3. The number of hydrogen-bond donors (Lipinski definition) is 1. The third-order valence-electron chi connectivity index (χ3n) is 3.29. The van der Waals surface area contributed by atoms with Crippen LogP contribution in [-0.4, -0.2) is 26.2 Å². The molecule has 1 aliphatic heterocycles. The Hall–Kier alpha value is -1.53. The van der Waals surface area contributed by atoms with Gasteiger partial charge in [0.1, 0.15) is 0 Å². The van der Waals surface area contributed by atoms with Gasteiger partial charge in [-0.1, -0.05) is 0 Å². The summed E-state index contributed by atoms with van der Waals surface area (Å²) in [5, 5.41) is 12.2. The number of benzene rings is 1. The molecule has 1 atom stereocenters. The van der Waals surface area contributed by atoms with Crippen molar-refractivity contribution in [3.8, 4) is 6.07 Å². The highest BCUT2D eigenvalue weighted by molar-refractivity contribution is 5.54. The van der Waals surface area contributed by atoms with Crippen LogP contribution in [0.15, 0.2) is 18.2 Å². The number of nitrogens with one attached hydrogen (secondary N) is 1. The first-order valence-corrected chi connectivity index (χ1v) is 5.67. The molecule has 0 radical (unpaired) electrons. The fourth-order valence-corrected chi connectivity index (χ4v) is 2.20. The van der Waals surface area contributed by atoms with Crippen LogP contribution in [0, 0.1) is 18.3 Å². The molecule has 1 saturated heterocycles. The SMILES string of the molecule is CNC1CCN(c2ccc(C#N)c(C)c2)C1. The second-order valence-corrected chi connectivity index (χ2v) is 4.33. The van der Waals surface area contributed by atoms with E-state index in [0.717, 1.165) is 24.2 Å². The Kier molecular flexibility index (Phi) is 3.12. The highest BCUT2D eigenvalue weighted by Gasteiger charge is 2.21. The van der Waals surface area contributed by atoms with Gasteiger partial charge in [0.2, 0.25) is 0 Å². The fourth-order valence-electron chi connectivity index (χ4n) is 2.20. The average molecular weight is 215 g/mol. The van der Waals surface area contributed by atoms with Gasteiger partial charge in [0.15, 0.2) is 0 Å². The van der Waals surface area contributed by atoms with Crippen LogP contribution in [0.1, 0.15) is 17.5 Å². The second-order valence-electron chi connectivity index (χ2n) is 4.33. The van der Waals surface area contributed by atoms with Gasteiger partial charge in [-0.05, 0) is 44.2 Å². The van der Waals surface area contributed by atoms with E-state index in [0.29, 0.717) is 6.04 Å². The Morgan fingerprint density at radius 2 is 2.31 bits per heavy atom. The van der Waals surface area contributed by atoms with Gasteiger partial charge in [-0.3, -0.25) is 0 Å². The van der Waals surface area contributed by atoms with Gasteiger partial charge in [-0.2, -0.15) is 5.26 Å². The van der Waals surface area contributed by atoms with E-state index >= 15 is 0 Å². The van der Waals surface area contributed by atoms with Crippen LogP contribution in [0.25, 0.3) is 0 Å². The summed E-state index contributed by atoms with van der Waals surface area (Å²) in [5.41, 5.74) is 3.07. The van der Waals surface area contributed by atoms with Crippen molar-refractivity contribution < 1.29 is 0 Å². The van der Waals surface area contributed by atoms with Crippen LogP contribution in [0.3, 0.4) is 0 Å². The fraction of sp³-hybridized carbons (Fsp3) is 0.462. The standard InChI is InChI=1S/C13H17N3/c1-10-7-13(4-3-11(10)8-14)16-6-5-12(9-16)15-2/h3-4,7,12,15H,5-6,9H2,1-2H3. The Balaban J connectivity index is 2.17. The molecule has 16 heavy (non-hydrogen) atoms. The number of aryl methyl sites for hydroxylation is 1. The van der Waals surface area contributed by atoms with Crippen molar-refractivity contribution in [3.05, 3.63) is 29.3 Å². The van der Waals surface area contributed by atoms with E-state index in [4.69, 9.17) is 5.26 Å². The summed E-state index contributed by atoms with van der Waals surface area (Å²) in [7, 11) is 2.01. The Morgan fingerprint density at radius 3 is 2.88 bits per heavy atom. The van der Waals surface area contributed by atoms with E-state index in [9.17, 15) is 0 Å². The highest BCUT2D eigenvalue weighted by Crippen LogP contribution is 2.22. The summed E-state index contributed by atoms with van der Waals surface area (Å²) < 4.78 is 0. The van der Waals surface area contributed by atoms with Gasteiger partial charge in [-0.15, -0.1) is 0 Å². The molecule has 1 aromatic rings. The van der Waals surface area contributed by atoms with Crippen molar-refractivity contribution in [1.29, 1.82) is 5.26 Å². The molecule has 3 heteroatoms. The van der Waals surface area contributed by atoms with Gasteiger partial charge in [0.25, 0.3) is 0 Å². The summed E-state index contributed by atoms with van der Waals surface area (Å²) in [6.07, 6.45) is 1.19. The largest absolute Gasteiger partial charge is 0.370 e. The summed E-state index contributed by atoms with van der Waals surface area (Å²) in [6, 6.07) is 8.86. The maximum Gasteiger partial charge on any atom is 0.0994 e. The predicted molar refractivity (Wildman–Crippen MR) is 65.6 cm³/mol. The molecule has 3 nitrogen and oxygen atoms in total. The molecule has 1 N–H and O–H groups in total. The van der Waals surface area contributed by atoms with E-state index in [1.165, 1.54) is 12.1 Å². The van der Waals surface area contributed by atoms with E-state index in [1.807, 2.05) is 26.1 Å². The molecule has 1 fully saturated rings. The molecule has 0 aromatic heterocycles. The minimum Gasteiger partial charge on any atom is -0.370 e. The Bertz CT molecular complexity index is 420. The molecular formula is C13H17N3. The normalized spacial score (nSPS) is 19.8. The van der Waals surface area contributed by atoms with Crippen molar-refractivity contribution >= 4 is 5.69 Å². The van der Waals surface area contributed by atoms with Gasteiger partial charge >= 0.3 is 0 Å². The number of nitrogens with zero attached hydrogens (tertiary/aromatic N) is 2. The zero-order chi connectivity index (χ0) is 11.5. The van der Waals surface area contributed by atoms with Crippen molar-refractivity contribution in [2.45, 2.75) is 19.4 Å². The third-order valence-corrected chi connectivity index (χ3v) is 3.29. The molecule has 1 heterocycles. The average Bonchev–Trinajstić information content (AvgIpc) is 2.77. The smallest absolute Gasteiger partial charge is 0.0994 e. The van der Waals surface area contributed by atoms with Crippen molar-refractivity contribution in [1.82, 2.24) is 5.32 Å². The lowest BCUT2D eigenvalue weighted by Crippen LogP contribution is -2.29. The van der Waals surface area contributed by atoms with E-state index in [-0.39, 0.29) is 0 Å². The Morgan fingerprint density at radius 1 is 1.50 bits per heavy atom. The Labute approximate surface area is 96.7 Å². The van der Waals surface area contributed by atoms with Gasteiger partial charge in [-0.25, -0.2) is 0 Å². The maximum atomic E-state index is 8.88. The summed E-state index contributed by atoms with van der Waals surface area (Å²) in [4.78, 5) is 2.37. The van der Waals surface area contributed by atoms with Crippen molar-refractivity contribution in [2.24, 2.45) is 0 Å². The molecular weight excluding hydrogens is 198 g/mol. The predicted octanol–water partition coefficient (Wildman–Crippen LogP) is 1.66. The molecule has 0 amide bonds. The van der Waals surface area contributed by atoms with Crippen LogP contribution < -0.4 is 10.2 Å². The maximum absolute atomic E-state index is 8.88. The molecule has 84 valence electrons. The first-order valence-electron chi connectivity index (χ1n) is 5.67. The molecule has 1 unspecified atom stereocenters. The van der Waals surface area contributed by atoms with Crippen LogP contribution >= 0.6 is 0 Å². The van der Waals surface area contributed by atoms with Gasteiger partial charge in [0.05, 0.1) is 11.6 Å². The second kappa shape index (κ2) is 4.54. The quantitative estimate of drug-likeness (QED) is 0.815. The number of rotatable bonds is 2. The van der Waals surface area contributed by atoms with Crippen molar-refractivity contribution in [2.75, 3.05) is 25.0 Å². The minimum absolute atomic E-state index is 0.593. The number of anilines is 1. The first kappa shape index (κ1) is 11.0. The number of likely N-dealkylation sites (N-methyl/N-ethyl adjacent to an activating group) is 1. The monoisotopic (exact) mass is 215 g/mol. The lowest BCUT2D eigenvalue weighted by molar-refractivity contribution is 0.617. The van der Waals surface area contributed by atoms with E-state index in [1.54, 1.807) is 0 Å². The zero-order valence-electron chi connectivity index (χ0n) is 9.83. The lowest BCUT2D eigenvalue weighted by atomic mass is 10.1. The molecule has 0 aliphatic carbocycles. The van der Waals surface area contributed by atoms with Gasteiger partial charge in [0, 0.05) is 24.8 Å². The topological polar surface area (TPSA) is 39.1 Å². The number of nitriles is 1. The minimum atomic E-state index is 0.593. The molecule has 2 rings (SSSR count). The van der Waals surface area contributed by atoms with E-state index in [2.05, 4.69) is 22.4 Å². The molecule has 0 spiro atoms. The molecule has 0 saturated carbocycles. The van der Waals surface area contributed by atoms with Crippen molar-refractivity contribution in [3.63, 3.8) is 0 Å². The van der Waals surface area contributed by atoms with Crippen LogP contribution in [0.4, 0.5) is 5.69 Å².